The molecule has 0 aliphatic carbocycles. The third-order valence-electron chi connectivity index (χ3n) is 2.92. The van der Waals surface area contributed by atoms with Crippen molar-refractivity contribution in [3.05, 3.63) is 50.3 Å². The Morgan fingerprint density at radius 1 is 1.43 bits per heavy atom. The predicted octanol–water partition coefficient (Wildman–Crippen LogP) is 3.69. The second-order valence-electron chi connectivity index (χ2n) is 4.75. The molecule has 0 saturated carbocycles. The third kappa shape index (κ3) is 4.43. The van der Waals surface area contributed by atoms with Crippen molar-refractivity contribution in [2.45, 2.75) is 42.8 Å². The van der Waals surface area contributed by atoms with Gasteiger partial charge in [0.05, 0.1) is 6.10 Å². The fraction of sp³-hybridized carbons (Fsp3) is 0.333. The Bertz CT molecular complexity index is 686. The molecule has 0 aliphatic heterocycles. The zero-order chi connectivity index (χ0) is 15.4. The van der Waals surface area contributed by atoms with Crippen molar-refractivity contribution in [2.75, 3.05) is 0 Å². The number of aliphatic hydroxyl groups is 1. The highest BCUT2D eigenvalue weighted by atomic mass is 79.9. The van der Waals surface area contributed by atoms with Gasteiger partial charge in [0.25, 0.3) is 5.56 Å². The van der Waals surface area contributed by atoms with Crippen LogP contribution in [-0.2, 0) is 6.42 Å². The largest absolute Gasteiger partial charge is 0.389 e. The van der Waals surface area contributed by atoms with Gasteiger partial charge in [-0.3, -0.25) is 4.79 Å². The molecule has 2 N–H and O–H groups in total. The van der Waals surface area contributed by atoms with Crippen LogP contribution >= 0.6 is 27.7 Å². The smallest absolute Gasteiger partial charge is 0.251 e. The molecule has 1 heterocycles. The monoisotopic (exact) mass is 368 g/mol. The molecule has 112 valence electrons. The van der Waals surface area contributed by atoms with Crippen LogP contribution in [0.5, 0.6) is 0 Å². The van der Waals surface area contributed by atoms with E-state index >= 15 is 0 Å². The van der Waals surface area contributed by atoms with Gasteiger partial charge < -0.3 is 10.1 Å². The lowest BCUT2D eigenvalue weighted by Gasteiger charge is -2.09. The number of nitrogens with one attached hydrogen (secondary N) is 1. The maximum absolute atomic E-state index is 11.6. The van der Waals surface area contributed by atoms with Gasteiger partial charge in [0.2, 0.25) is 0 Å². The Labute approximate surface area is 136 Å². The van der Waals surface area contributed by atoms with Gasteiger partial charge in [-0.1, -0.05) is 47.1 Å². The van der Waals surface area contributed by atoms with E-state index in [0.717, 1.165) is 33.5 Å². The lowest BCUT2D eigenvalue weighted by atomic mass is 10.1. The molecule has 0 bridgehead atoms. The zero-order valence-corrected chi connectivity index (χ0v) is 14.3. The second kappa shape index (κ2) is 7.24. The maximum atomic E-state index is 11.6. The molecule has 0 saturated heterocycles. The number of benzene rings is 1. The van der Waals surface area contributed by atoms with E-state index in [9.17, 15) is 9.90 Å². The molecule has 2 rings (SSSR count). The van der Waals surface area contributed by atoms with Crippen LogP contribution in [-0.4, -0.2) is 15.1 Å². The van der Waals surface area contributed by atoms with E-state index in [4.69, 9.17) is 0 Å². The Balaban J connectivity index is 2.26. The van der Waals surface area contributed by atoms with Crippen LogP contribution in [0.25, 0.3) is 0 Å². The topological polar surface area (TPSA) is 66.0 Å². The normalized spacial score (nSPS) is 12.4. The van der Waals surface area contributed by atoms with Crippen molar-refractivity contribution in [2.24, 2.45) is 0 Å². The van der Waals surface area contributed by atoms with E-state index < -0.39 is 6.10 Å². The van der Waals surface area contributed by atoms with Gasteiger partial charge in [-0.25, -0.2) is 4.98 Å². The lowest BCUT2D eigenvalue weighted by molar-refractivity contribution is 0.198. The average molecular weight is 369 g/mol. The first-order valence-electron chi connectivity index (χ1n) is 6.75. The number of hydrogen-bond acceptors (Lipinski definition) is 4. The van der Waals surface area contributed by atoms with Gasteiger partial charge in [-0.05, 0) is 31.0 Å². The van der Waals surface area contributed by atoms with Gasteiger partial charge >= 0.3 is 0 Å². The molecule has 21 heavy (non-hydrogen) atoms. The van der Waals surface area contributed by atoms with E-state index in [1.54, 1.807) is 13.0 Å². The number of hydrogen-bond donors (Lipinski definition) is 2. The van der Waals surface area contributed by atoms with Crippen molar-refractivity contribution in [1.82, 2.24) is 9.97 Å². The minimum absolute atomic E-state index is 0.129. The molecular formula is C15H17BrN2O2S. The van der Waals surface area contributed by atoms with Gasteiger partial charge in [-0.15, -0.1) is 0 Å². The number of aryl methyl sites for hydroxylation is 1. The summed E-state index contributed by atoms with van der Waals surface area (Å²) in [5, 5.41) is 10.2. The summed E-state index contributed by atoms with van der Waals surface area (Å²) in [6, 6.07) is 7.23. The highest BCUT2D eigenvalue weighted by molar-refractivity contribution is 9.10. The van der Waals surface area contributed by atoms with Crippen LogP contribution in [0, 0.1) is 0 Å². The molecule has 4 nitrogen and oxygen atoms in total. The van der Waals surface area contributed by atoms with Gasteiger partial charge in [0, 0.05) is 21.1 Å². The predicted molar refractivity (Wildman–Crippen MR) is 87.8 cm³/mol. The first kappa shape index (κ1) is 16.3. The minimum Gasteiger partial charge on any atom is -0.389 e. The summed E-state index contributed by atoms with van der Waals surface area (Å²) in [6.07, 6.45) is 1.22. The molecule has 1 atom stereocenters. The molecule has 0 fully saturated rings. The SMILES string of the molecule is CCCc1cc(=O)[nH]c(Sc2ccc([C@@H](C)O)c(Br)c2)n1. The fourth-order valence-corrected chi connectivity index (χ4v) is 3.65. The molecule has 1 aromatic carbocycles. The first-order valence-corrected chi connectivity index (χ1v) is 8.36. The first-order chi connectivity index (χ1) is 9.99. The Hall–Kier alpha value is -1.11. The minimum atomic E-state index is -0.524. The molecule has 6 heteroatoms. The van der Waals surface area contributed by atoms with Gasteiger partial charge in [0.15, 0.2) is 5.16 Å². The summed E-state index contributed by atoms with van der Waals surface area (Å²) in [6.45, 7) is 3.78. The molecule has 0 radical (unpaired) electrons. The number of aromatic nitrogens is 2. The summed E-state index contributed by atoms with van der Waals surface area (Å²) in [5.74, 6) is 0. The summed E-state index contributed by atoms with van der Waals surface area (Å²) < 4.78 is 0.842. The van der Waals surface area contributed by atoms with E-state index in [0.29, 0.717) is 5.16 Å². The number of nitrogens with zero attached hydrogens (tertiary/aromatic N) is 1. The molecule has 0 spiro atoms. The highest BCUT2D eigenvalue weighted by Gasteiger charge is 2.09. The summed E-state index contributed by atoms with van der Waals surface area (Å²) in [5.41, 5.74) is 1.51. The van der Waals surface area contributed by atoms with Crippen molar-refractivity contribution in [1.29, 1.82) is 0 Å². The number of aliphatic hydroxyl groups excluding tert-OH is 1. The van der Waals surface area contributed by atoms with E-state index in [1.807, 2.05) is 18.2 Å². The van der Waals surface area contributed by atoms with E-state index in [-0.39, 0.29) is 5.56 Å². The van der Waals surface area contributed by atoms with Crippen LogP contribution in [0.15, 0.2) is 43.6 Å². The van der Waals surface area contributed by atoms with Crippen LogP contribution in [0.1, 0.15) is 37.6 Å². The number of halogens is 1. The van der Waals surface area contributed by atoms with Crippen molar-refractivity contribution in [3.8, 4) is 0 Å². The van der Waals surface area contributed by atoms with Crippen LogP contribution in [0.4, 0.5) is 0 Å². The van der Waals surface area contributed by atoms with Crippen LogP contribution < -0.4 is 5.56 Å². The Kier molecular flexibility index (Phi) is 5.61. The van der Waals surface area contributed by atoms with Crippen LogP contribution in [0.2, 0.25) is 0 Å². The molecule has 0 unspecified atom stereocenters. The maximum Gasteiger partial charge on any atom is 0.251 e. The van der Waals surface area contributed by atoms with Crippen molar-refractivity contribution >= 4 is 27.7 Å². The lowest BCUT2D eigenvalue weighted by Crippen LogP contribution is -2.09. The standard InChI is InChI=1S/C15H17BrN2O2S/c1-3-4-10-7-14(20)18-15(17-10)21-11-5-6-12(9(2)19)13(16)8-11/h5-9,19H,3-4H2,1-2H3,(H,17,18,20)/t9-/m1/s1. The average Bonchev–Trinajstić information content (AvgIpc) is 2.37. The summed E-state index contributed by atoms with van der Waals surface area (Å²) in [7, 11) is 0. The third-order valence-corrected chi connectivity index (χ3v) is 4.48. The fourth-order valence-electron chi connectivity index (χ4n) is 1.94. The number of H-pyrrole nitrogens is 1. The number of rotatable bonds is 5. The second-order valence-corrected chi connectivity index (χ2v) is 6.67. The van der Waals surface area contributed by atoms with Crippen molar-refractivity contribution < 1.29 is 5.11 Å². The Morgan fingerprint density at radius 2 is 2.19 bits per heavy atom. The highest BCUT2D eigenvalue weighted by Crippen LogP contribution is 2.31. The molecule has 0 amide bonds. The molecule has 2 aromatic rings. The quantitative estimate of drug-likeness (QED) is 0.789. The molecular weight excluding hydrogens is 352 g/mol. The summed E-state index contributed by atoms with van der Waals surface area (Å²) >= 11 is 4.85. The summed E-state index contributed by atoms with van der Waals surface area (Å²) in [4.78, 5) is 19.8. The van der Waals surface area contributed by atoms with E-state index in [1.165, 1.54) is 11.8 Å². The van der Waals surface area contributed by atoms with Crippen LogP contribution in [0.3, 0.4) is 0 Å². The molecule has 1 aromatic heterocycles. The zero-order valence-electron chi connectivity index (χ0n) is 11.9. The Morgan fingerprint density at radius 3 is 2.81 bits per heavy atom. The van der Waals surface area contributed by atoms with E-state index in [2.05, 4.69) is 32.8 Å². The van der Waals surface area contributed by atoms with Gasteiger partial charge in [-0.2, -0.15) is 0 Å². The molecule has 0 aliphatic rings. The number of aromatic amines is 1. The van der Waals surface area contributed by atoms with Crippen molar-refractivity contribution in [3.63, 3.8) is 0 Å². The van der Waals surface area contributed by atoms with Gasteiger partial charge in [0.1, 0.15) is 0 Å².